The Labute approximate surface area is 196 Å². The zero-order valence-electron chi connectivity index (χ0n) is 17.8. The molecule has 0 saturated heterocycles. The van der Waals surface area contributed by atoms with Crippen LogP contribution in [0.15, 0.2) is 82.0 Å². The zero-order valence-corrected chi connectivity index (χ0v) is 19.3. The Bertz CT molecular complexity index is 1050. The molecule has 7 heteroatoms. The summed E-state index contributed by atoms with van der Waals surface area (Å²) in [6.07, 6.45) is 5.10. The number of halogens is 1. The number of aromatic amines is 1. The fourth-order valence-corrected chi connectivity index (χ4v) is 4.37. The van der Waals surface area contributed by atoms with Crippen molar-refractivity contribution in [2.75, 3.05) is 11.9 Å². The molecule has 1 aliphatic heterocycles. The maximum Gasteiger partial charge on any atom is 0.174 e. The Morgan fingerprint density at radius 3 is 2.34 bits per heavy atom. The van der Waals surface area contributed by atoms with Crippen LogP contribution in [0.1, 0.15) is 47.9 Å². The highest BCUT2D eigenvalue weighted by atomic mass is 79.9. The molecule has 2 aliphatic rings. The third kappa shape index (κ3) is 5.11. The molecule has 32 heavy (non-hydrogen) atoms. The minimum atomic E-state index is -0.201. The third-order valence-electron chi connectivity index (χ3n) is 5.90. The molecule has 5 rings (SSSR count). The quantitative estimate of drug-likeness (QED) is 0.339. The van der Waals surface area contributed by atoms with Gasteiger partial charge in [0.25, 0.3) is 0 Å². The van der Waals surface area contributed by atoms with Gasteiger partial charge in [0.1, 0.15) is 5.82 Å². The van der Waals surface area contributed by atoms with E-state index in [1.807, 2.05) is 6.21 Å². The van der Waals surface area contributed by atoms with E-state index in [2.05, 4.69) is 114 Å². The van der Waals surface area contributed by atoms with E-state index in [0.29, 0.717) is 11.8 Å². The summed E-state index contributed by atoms with van der Waals surface area (Å²) in [4.78, 5) is 4.57. The highest BCUT2D eigenvalue weighted by Gasteiger charge is 2.26. The summed E-state index contributed by atoms with van der Waals surface area (Å²) in [7, 11) is 0. The number of hydrogen-bond acceptors (Lipinski definition) is 5. The second-order valence-corrected chi connectivity index (χ2v) is 9.13. The molecule has 1 atom stereocenters. The van der Waals surface area contributed by atoms with Gasteiger partial charge in [0.2, 0.25) is 0 Å². The molecule has 1 fully saturated rings. The van der Waals surface area contributed by atoms with E-state index in [1.165, 1.54) is 29.7 Å². The number of aromatic nitrogens is 2. The van der Waals surface area contributed by atoms with Gasteiger partial charge in [-0.3, -0.25) is 15.4 Å². The number of nitrogens with one attached hydrogen (secondary N) is 4. The van der Waals surface area contributed by atoms with Crippen LogP contribution in [0.5, 0.6) is 0 Å². The van der Waals surface area contributed by atoms with Gasteiger partial charge in [-0.25, -0.2) is 0 Å². The molecule has 1 unspecified atom stereocenters. The molecule has 3 aromatic rings. The van der Waals surface area contributed by atoms with Gasteiger partial charge in [-0.2, -0.15) is 5.10 Å². The summed E-state index contributed by atoms with van der Waals surface area (Å²) >= 11 is 3.58. The van der Waals surface area contributed by atoms with Gasteiger partial charge in [-0.1, -0.05) is 60.7 Å². The largest absolute Gasteiger partial charge is 0.337 e. The van der Waals surface area contributed by atoms with E-state index in [4.69, 9.17) is 0 Å². The van der Waals surface area contributed by atoms with Crippen molar-refractivity contribution in [1.82, 2.24) is 20.8 Å². The first-order chi connectivity index (χ1) is 15.8. The summed E-state index contributed by atoms with van der Waals surface area (Å²) in [5.74, 6) is 2.65. The van der Waals surface area contributed by atoms with E-state index in [0.717, 1.165) is 29.1 Å². The predicted molar refractivity (Wildman–Crippen MR) is 133 cm³/mol. The van der Waals surface area contributed by atoms with Crippen molar-refractivity contribution in [1.29, 1.82) is 0 Å². The van der Waals surface area contributed by atoms with E-state index in [9.17, 15) is 0 Å². The van der Waals surface area contributed by atoms with Crippen molar-refractivity contribution >= 4 is 28.0 Å². The van der Waals surface area contributed by atoms with E-state index in [1.54, 1.807) is 0 Å². The van der Waals surface area contributed by atoms with Crippen LogP contribution in [-0.2, 0) is 0 Å². The Hall–Kier alpha value is -2.90. The number of allylic oxidation sites excluding steroid dienone is 1. The molecule has 2 heterocycles. The van der Waals surface area contributed by atoms with Gasteiger partial charge in [0.15, 0.2) is 12.1 Å². The number of hydrogen-bond donors (Lipinski definition) is 4. The van der Waals surface area contributed by atoms with Crippen LogP contribution >= 0.6 is 15.9 Å². The monoisotopic (exact) mass is 490 g/mol. The smallest absolute Gasteiger partial charge is 0.174 e. The second kappa shape index (κ2) is 9.71. The highest BCUT2D eigenvalue weighted by molar-refractivity contribution is 9.12. The van der Waals surface area contributed by atoms with Crippen molar-refractivity contribution in [3.05, 3.63) is 93.9 Å². The van der Waals surface area contributed by atoms with Crippen LogP contribution in [0, 0.1) is 0 Å². The van der Waals surface area contributed by atoms with Crippen LogP contribution < -0.4 is 16.0 Å². The van der Waals surface area contributed by atoms with Crippen molar-refractivity contribution < 1.29 is 0 Å². The van der Waals surface area contributed by atoms with Crippen LogP contribution in [0.4, 0.5) is 5.82 Å². The first kappa shape index (κ1) is 21.0. The third-order valence-corrected chi connectivity index (χ3v) is 6.50. The maximum atomic E-state index is 4.57. The molecular formula is C25H27BrN6. The number of H-pyrrole nitrogens is 1. The average Bonchev–Trinajstić information content (AvgIpc) is 3.58. The van der Waals surface area contributed by atoms with E-state index < -0.39 is 0 Å². The van der Waals surface area contributed by atoms with Crippen LogP contribution in [0.3, 0.4) is 0 Å². The molecule has 0 radical (unpaired) electrons. The fourth-order valence-electron chi connectivity index (χ4n) is 4.04. The Kier molecular flexibility index (Phi) is 6.36. The van der Waals surface area contributed by atoms with Gasteiger partial charge in [0.05, 0.1) is 4.48 Å². The van der Waals surface area contributed by atoms with Gasteiger partial charge in [-0.15, -0.1) is 0 Å². The minimum Gasteiger partial charge on any atom is -0.337 e. The van der Waals surface area contributed by atoms with Gasteiger partial charge in [0, 0.05) is 29.8 Å². The fraction of sp³-hybridized carbons (Fsp3) is 0.280. The molecule has 2 aromatic carbocycles. The van der Waals surface area contributed by atoms with Crippen molar-refractivity contribution in [2.45, 2.75) is 37.4 Å². The normalized spacial score (nSPS) is 18.1. The van der Waals surface area contributed by atoms with Crippen molar-refractivity contribution in [3.8, 4) is 0 Å². The van der Waals surface area contributed by atoms with Gasteiger partial charge < -0.3 is 10.6 Å². The van der Waals surface area contributed by atoms with Crippen molar-refractivity contribution in [3.63, 3.8) is 0 Å². The summed E-state index contributed by atoms with van der Waals surface area (Å²) in [5, 5.41) is 17.8. The standard InChI is InChI=1S/C25H27BrN6/c26-21-16-28-25(30-24(21)29-23-15-22(31-32-23)19-11-12-19)27-14-13-20(17-7-3-1-4-8-17)18-9-5-2-6-10-18/h1-10,15-16,19-20,25,27,30H,11-14H2,(H2,29,31,32). The SMILES string of the molecule is BrC1=C(Nc2cc(C3CC3)[nH]n2)NC(NCCC(c2ccccc2)c2ccccc2)N=C1. The Morgan fingerprint density at radius 2 is 1.69 bits per heavy atom. The first-order valence-corrected chi connectivity index (χ1v) is 11.9. The minimum absolute atomic E-state index is 0.201. The van der Waals surface area contributed by atoms with Crippen LogP contribution in [0.2, 0.25) is 0 Å². The van der Waals surface area contributed by atoms with Crippen molar-refractivity contribution in [2.24, 2.45) is 4.99 Å². The second-order valence-electron chi connectivity index (χ2n) is 8.27. The summed E-state index contributed by atoms with van der Waals surface area (Å²) in [5.41, 5.74) is 3.86. The van der Waals surface area contributed by atoms with Crippen LogP contribution in [-0.4, -0.2) is 29.2 Å². The van der Waals surface area contributed by atoms with Gasteiger partial charge in [-0.05, 0) is 52.9 Å². The summed E-state index contributed by atoms with van der Waals surface area (Å²) < 4.78 is 0.873. The van der Waals surface area contributed by atoms with Gasteiger partial charge >= 0.3 is 0 Å². The molecular weight excluding hydrogens is 464 g/mol. The molecule has 6 nitrogen and oxygen atoms in total. The lowest BCUT2D eigenvalue weighted by Gasteiger charge is -2.25. The number of benzene rings is 2. The number of anilines is 1. The zero-order chi connectivity index (χ0) is 21.8. The molecule has 1 saturated carbocycles. The molecule has 0 amide bonds. The van der Waals surface area contributed by atoms with E-state index >= 15 is 0 Å². The van der Waals surface area contributed by atoms with Crippen LogP contribution in [0.25, 0.3) is 0 Å². The first-order valence-electron chi connectivity index (χ1n) is 11.1. The number of rotatable bonds is 9. The molecule has 0 spiro atoms. The molecule has 0 bridgehead atoms. The Morgan fingerprint density at radius 1 is 1.00 bits per heavy atom. The molecule has 4 N–H and O–H groups in total. The Balaban J connectivity index is 1.19. The maximum absolute atomic E-state index is 4.57. The summed E-state index contributed by atoms with van der Waals surface area (Å²) in [6, 6.07) is 23.5. The summed E-state index contributed by atoms with van der Waals surface area (Å²) in [6.45, 7) is 0.822. The average molecular weight is 491 g/mol. The lowest BCUT2D eigenvalue weighted by atomic mass is 9.88. The lowest BCUT2D eigenvalue weighted by molar-refractivity contribution is 0.461. The topological polar surface area (TPSA) is 77.1 Å². The molecule has 1 aromatic heterocycles. The molecule has 1 aliphatic carbocycles. The van der Waals surface area contributed by atoms with E-state index in [-0.39, 0.29) is 6.29 Å². The number of nitrogens with zero attached hydrogens (tertiary/aromatic N) is 2. The highest BCUT2D eigenvalue weighted by Crippen LogP contribution is 2.39. The predicted octanol–water partition coefficient (Wildman–Crippen LogP) is 5.03. The number of aliphatic imine (C=N–C) groups is 1. The molecule has 164 valence electrons. The lowest BCUT2D eigenvalue weighted by Crippen LogP contribution is -2.44.